The fourth-order valence-electron chi connectivity index (χ4n) is 4.65. The van der Waals surface area contributed by atoms with Crippen LogP contribution in [0.15, 0.2) is 35.3 Å². The van der Waals surface area contributed by atoms with Gasteiger partial charge in [0.15, 0.2) is 5.96 Å². The quantitative estimate of drug-likeness (QED) is 0.220. The molecular formula is C25H42IN5O. The number of guanidine groups is 1. The van der Waals surface area contributed by atoms with Crippen LogP contribution in [0, 0.1) is 0 Å². The van der Waals surface area contributed by atoms with E-state index >= 15 is 0 Å². The second kappa shape index (κ2) is 14.7. The molecule has 1 aromatic rings. The molecule has 2 heterocycles. The number of halogens is 1. The van der Waals surface area contributed by atoms with Crippen molar-refractivity contribution in [1.82, 2.24) is 20.4 Å². The van der Waals surface area contributed by atoms with Gasteiger partial charge < -0.3 is 15.5 Å². The summed E-state index contributed by atoms with van der Waals surface area (Å²) in [6, 6.07) is 11.7. The van der Waals surface area contributed by atoms with Crippen molar-refractivity contribution in [2.45, 2.75) is 77.4 Å². The van der Waals surface area contributed by atoms with Crippen LogP contribution < -0.4 is 10.6 Å². The molecule has 7 heteroatoms. The lowest BCUT2D eigenvalue weighted by Crippen LogP contribution is -2.51. The zero-order chi connectivity index (χ0) is 21.9. The van der Waals surface area contributed by atoms with Crippen molar-refractivity contribution in [2.24, 2.45) is 4.99 Å². The molecular weight excluding hydrogens is 513 g/mol. The molecule has 1 aromatic carbocycles. The van der Waals surface area contributed by atoms with Crippen LogP contribution in [0.1, 0.15) is 64.4 Å². The Labute approximate surface area is 211 Å². The maximum atomic E-state index is 12.1. The number of benzene rings is 1. The highest BCUT2D eigenvalue weighted by atomic mass is 127. The Hall–Kier alpha value is -1.35. The number of piperidine rings is 1. The summed E-state index contributed by atoms with van der Waals surface area (Å²) in [4.78, 5) is 21.6. The van der Waals surface area contributed by atoms with E-state index in [1.165, 1.54) is 12.0 Å². The molecule has 0 aromatic heterocycles. The molecule has 0 aliphatic carbocycles. The summed E-state index contributed by atoms with van der Waals surface area (Å²) in [6.07, 6.45) is 7.26. The molecule has 0 bridgehead atoms. The van der Waals surface area contributed by atoms with Crippen LogP contribution in [0.5, 0.6) is 0 Å². The lowest BCUT2D eigenvalue weighted by molar-refractivity contribution is -0.130. The van der Waals surface area contributed by atoms with E-state index in [-0.39, 0.29) is 24.0 Å². The third-order valence-electron chi connectivity index (χ3n) is 6.45. The number of amides is 1. The lowest BCUT2D eigenvalue weighted by Gasteiger charge is -2.38. The van der Waals surface area contributed by atoms with Gasteiger partial charge in [0.05, 0.1) is 0 Å². The molecule has 2 atom stereocenters. The molecule has 3 rings (SSSR count). The average molecular weight is 556 g/mol. The average Bonchev–Trinajstić information content (AvgIpc) is 2.98. The molecule has 2 unspecified atom stereocenters. The number of rotatable bonds is 8. The van der Waals surface area contributed by atoms with Gasteiger partial charge in [-0.05, 0) is 51.5 Å². The molecule has 0 spiro atoms. The normalized spacial score (nSPS) is 22.8. The Kier molecular flexibility index (Phi) is 12.4. The highest BCUT2D eigenvalue weighted by molar-refractivity contribution is 14.0. The van der Waals surface area contributed by atoms with E-state index in [1.807, 2.05) is 4.90 Å². The second-order valence-electron chi connectivity index (χ2n) is 8.98. The number of aliphatic imine (C=N–C) groups is 1. The van der Waals surface area contributed by atoms with E-state index in [2.05, 4.69) is 59.7 Å². The summed E-state index contributed by atoms with van der Waals surface area (Å²) in [5, 5.41) is 7.06. The number of likely N-dealkylation sites (tertiary alicyclic amines) is 2. The highest BCUT2D eigenvalue weighted by Crippen LogP contribution is 2.20. The minimum absolute atomic E-state index is 0. The molecule has 180 valence electrons. The number of nitrogens with one attached hydrogen (secondary N) is 2. The summed E-state index contributed by atoms with van der Waals surface area (Å²) in [5.74, 6) is 1.24. The van der Waals surface area contributed by atoms with Crippen LogP contribution >= 0.6 is 24.0 Å². The van der Waals surface area contributed by atoms with Crippen molar-refractivity contribution in [3.05, 3.63) is 35.9 Å². The largest absolute Gasteiger partial charge is 0.357 e. The van der Waals surface area contributed by atoms with E-state index in [0.29, 0.717) is 24.4 Å². The molecule has 32 heavy (non-hydrogen) atoms. The standard InChI is InChI=1S/C25H41N5O.HI/c1-3-26-25(27-15-10-17-29-16-9-5-8-13-24(29)31)28-23-14-18-30(21(2)19-23)20-22-11-6-4-7-12-22;/h4,6-7,11-12,21,23H,3,5,8-10,13-20H2,1-2H3,(H2,26,27,28);1H. The maximum Gasteiger partial charge on any atom is 0.222 e. The summed E-state index contributed by atoms with van der Waals surface area (Å²) >= 11 is 0. The first-order valence-electron chi connectivity index (χ1n) is 12.3. The van der Waals surface area contributed by atoms with E-state index in [0.717, 1.165) is 77.3 Å². The first-order valence-corrected chi connectivity index (χ1v) is 12.3. The number of hydrogen-bond donors (Lipinski definition) is 2. The smallest absolute Gasteiger partial charge is 0.222 e. The van der Waals surface area contributed by atoms with E-state index < -0.39 is 0 Å². The molecule has 6 nitrogen and oxygen atoms in total. The Morgan fingerprint density at radius 3 is 2.72 bits per heavy atom. The van der Waals surface area contributed by atoms with Gasteiger partial charge in [0, 0.05) is 57.8 Å². The summed E-state index contributed by atoms with van der Waals surface area (Å²) in [5.41, 5.74) is 1.39. The van der Waals surface area contributed by atoms with Crippen LogP contribution in [0.25, 0.3) is 0 Å². The molecule has 2 fully saturated rings. The molecule has 1 amide bonds. The van der Waals surface area contributed by atoms with Crippen molar-refractivity contribution < 1.29 is 4.79 Å². The number of nitrogens with zero attached hydrogens (tertiary/aromatic N) is 3. The van der Waals surface area contributed by atoms with Crippen LogP contribution in [-0.2, 0) is 11.3 Å². The number of hydrogen-bond acceptors (Lipinski definition) is 3. The highest BCUT2D eigenvalue weighted by Gasteiger charge is 2.26. The van der Waals surface area contributed by atoms with Crippen LogP contribution in [0.4, 0.5) is 0 Å². The summed E-state index contributed by atoms with van der Waals surface area (Å²) in [6.45, 7) is 9.93. The zero-order valence-corrected chi connectivity index (χ0v) is 22.2. The topological polar surface area (TPSA) is 60.0 Å². The Bertz CT molecular complexity index is 699. The SMILES string of the molecule is CCNC(=NCCCN1CCCCCC1=O)NC1CCN(Cc2ccccc2)C(C)C1.I. The lowest BCUT2D eigenvalue weighted by atomic mass is 9.97. The van der Waals surface area contributed by atoms with Gasteiger partial charge in [0.1, 0.15) is 0 Å². The number of carbonyl (C=O) groups is 1. The molecule has 2 saturated heterocycles. The molecule has 0 radical (unpaired) electrons. The predicted molar refractivity (Wildman–Crippen MR) is 144 cm³/mol. The van der Waals surface area contributed by atoms with E-state index in [9.17, 15) is 4.79 Å². The third kappa shape index (κ3) is 8.89. The fourth-order valence-corrected chi connectivity index (χ4v) is 4.65. The Morgan fingerprint density at radius 1 is 1.16 bits per heavy atom. The first-order chi connectivity index (χ1) is 15.2. The van der Waals surface area contributed by atoms with Gasteiger partial charge >= 0.3 is 0 Å². The summed E-state index contributed by atoms with van der Waals surface area (Å²) < 4.78 is 0. The number of carbonyl (C=O) groups excluding carboxylic acids is 1. The van der Waals surface area contributed by atoms with E-state index in [1.54, 1.807) is 0 Å². The Balaban J connectivity index is 0.00000363. The third-order valence-corrected chi connectivity index (χ3v) is 6.45. The predicted octanol–water partition coefficient (Wildman–Crippen LogP) is 4.01. The Morgan fingerprint density at radius 2 is 1.97 bits per heavy atom. The monoisotopic (exact) mass is 555 g/mol. The van der Waals surface area contributed by atoms with Crippen LogP contribution in [0.2, 0.25) is 0 Å². The minimum Gasteiger partial charge on any atom is -0.357 e. The summed E-state index contributed by atoms with van der Waals surface area (Å²) in [7, 11) is 0. The van der Waals surface area contributed by atoms with Gasteiger partial charge in [-0.25, -0.2) is 0 Å². The van der Waals surface area contributed by atoms with Gasteiger partial charge in [-0.2, -0.15) is 0 Å². The zero-order valence-electron chi connectivity index (χ0n) is 19.9. The van der Waals surface area contributed by atoms with Gasteiger partial charge in [-0.1, -0.05) is 36.8 Å². The maximum absolute atomic E-state index is 12.1. The van der Waals surface area contributed by atoms with Crippen molar-refractivity contribution in [3.63, 3.8) is 0 Å². The second-order valence-corrected chi connectivity index (χ2v) is 8.98. The van der Waals surface area contributed by atoms with Crippen LogP contribution in [-0.4, -0.2) is 66.5 Å². The van der Waals surface area contributed by atoms with Gasteiger partial charge in [0.25, 0.3) is 0 Å². The minimum atomic E-state index is 0. The molecule has 0 saturated carbocycles. The van der Waals surface area contributed by atoms with Gasteiger partial charge in [-0.15, -0.1) is 24.0 Å². The fraction of sp³-hybridized carbons (Fsp3) is 0.680. The first kappa shape index (κ1) is 26.9. The van der Waals surface area contributed by atoms with Crippen molar-refractivity contribution in [1.29, 1.82) is 0 Å². The van der Waals surface area contributed by atoms with Crippen molar-refractivity contribution >= 4 is 35.8 Å². The molecule has 2 aliphatic rings. The van der Waals surface area contributed by atoms with Crippen molar-refractivity contribution in [2.75, 3.05) is 32.7 Å². The van der Waals surface area contributed by atoms with Crippen molar-refractivity contribution in [3.8, 4) is 0 Å². The van der Waals surface area contributed by atoms with Gasteiger partial charge in [-0.3, -0.25) is 14.7 Å². The van der Waals surface area contributed by atoms with Gasteiger partial charge in [0.2, 0.25) is 5.91 Å². The molecule has 2 N–H and O–H groups in total. The van der Waals surface area contributed by atoms with Crippen LogP contribution in [0.3, 0.4) is 0 Å². The van der Waals surface area contributed by atoms with E-state index in [4.69, 9.17) is 4.99 Å². The molecule has 2 aliphatic heterocycles.